The number of anilines is 1. The molecule has 0 bridgehead atoms. The van der Waals surface area contributed by atoms with E-state index in [-0.39, 0.29) is 28.3 Å². The number of hydrogen-bond donors (Lipinski definition) is 0. The molecular formula is C25H21FN2O3S. The standard InChI is InChI=1S/C25H21FN2O3S/c1-17-14-18-6-2-4-8-22(18)28(17)25(29)16-27-15-24(21-7-3-5-9-23(21)27)32(30,31)20-12-10-19(26)11-13-20/h2-13,15,17H,14,16H2,1H3. The fraction of sp³-hybridized carbons (Fsp3) is 0.160. The Hall–Kier alpha value is -3.45. The number of benzene rings is 3. The van der Waals surface area contributed by atoms with Crippen LogP contribution in [0.25, 0.3) is 10.9 Å². The van der Waals surface area contributed by atoms with Crippen molar-refractivity contribution in [2.24, 2.45) is 0 Å². The molecule has 2 heterocycles. The number of carbonyl (C=O) groups is 1. The van der Waals surface area contributed by atoms with E-state index < -0.39 is 15.7 Å². The van der Waals surface area contributed by atoms with Gasteiger partial charge < -0.3 is 9.47 Å². The van der Waals surface area contributed by atoms with Crippen molar-refractivity contribution >= 4 is 32.3 Å². The van der Waals surface area contributed by atoms with Crippen LogP contribution in [-0.4, -0.2) is 24.9 Å². The highest BCUT2D eigenvalue weighted by Gasteiger charge is 2.31. The van der Waals surface area contributed by atoms with Gasteiger partial charge in [0.05, 0.1) is 9.79 Å². The molecular weight excluding hydrogens is 427 g/mol. The number of amides is 1. The Labute approximate surface area is 185 Å². The van der Waals surface area contributed by atoms with Gasteiger partial charge in [-0.2, -0.15) is 0 Å². The van der Waals surface area contributed by atoms with Gasteiger partial charge in [0.25, 0.3) is 0 Å². The van der Waals surface area contributed by atoms with E-state index in [1.54, 1.807) is 27.7 Å². The second-order valence-corrected chi connectivity index (χ2v) is 9.96. The second-order valence-electron chi connectivity index (χ2n) is 8.04. The topological polar surface area (TPSA) is 59.4 Å². The third kappa shape index (κ3) is 3.29. The number of para-hydroxylation sites is 2. The van der Waals surface area contributed by atoms with Crippen molar-refractivity contribution in [1.82, 2.24) is 4.57 Å². The summed E-state index contributed by atoms with van der Waals surface area (Å²) >= 11 is 0. The molecule has 32 heavy (non-hydrogen) atoms. The summed E-state index contributed by atoms with van der Waals surface area (Å²) in [5.74, 6) is -0.606. The van der Waals surface area contributed by atoms with E-state index >= 15 is 0 Å². The summed E-state index contributed by atoms with van der Waals surface area (Å²) in [4.78, 5) is 15.2. The van der Waals surface area contributed by atoms with Crippen LogP contribution in [-0.2, 0) is 27.6 Å². The second kappa shape index (κ2) is 7.60. The first kappa shape index (κ1) is 20.5. The van der Waals surface area contributed by atoms with Gasteiger partial charge in [0.1, 0.15) is 12.4 Å². The maximum Gasteiger partial charge on any atom is 0.247 e. The van der Waals surface area contributed by atoms with Gasteiger partial charge in [0.2, 0.25) is 15.7 Å². The predicted octanol–water partition coefficient (Wildman–Crippen LogP) is 4.59. The van der Waals surface area contributed by atoms with Crippen LogP contribution in [0.3, 0.4) is 0 Å². The molecule has 0 N–H and O–H groups in total. The average Bonchev–Trinajstić information content (AvgIpc) is 3.31. The van der Waals surface area contributed by atoms with Gasteiger partial charge in [-0.05, 0) is 55.3 Å². The van der Waals surface area contributed by atoms with E-state index in [9.17, 15) is 17.6 Å². The third-order valence-electron chi connectivity index (χ3n) is 5.95. The third-order valence-corrected chi connectivity index (χ3v) is 7.74. The normalized spacial score (nSPS) is 15.8. The van der Waals surface area contributed by atoms with Crippen molar-refractivity contribution < 1.29 is 17.6 Å². The van der Waals surface area contributed by atoms with Gasteiger partial charge in [-0.15, -0.1) is 0 Å². The van der Waals surface area contributed by atoms with E-state index in [0.29, 0.717) is 10.9 Å². The molecule has 3 aromatic carbocycles. The maximum absolute atomic E-state index is 13.3. The molecule has 1 aliphatic heterocycles. The fourth-order valence-corrected chi connectivity index (χ4v) is 5.94. The lowest BCUT2D eigenvalue weighted by molar-refractivity contribution is -0.119. The molecule has 7 heteroatoms. The summed E-state index contributed by atoms with van der Waals surface area (Å²) < 4.78 is 41.6. The Morgan fingerprint density at radius 3 is 2.47 bits per heavy atom. The zero-order valence-electron chi connectivity index (χ0n) is 17.4. The number of hydrogen-bond acceptors (Lipinski definition) is 3. The average molecular weight is 449 g/mol. The Balaban J connectivity index is 1.55. The summed E-state index contributed by atoms with van der Waals surface area (Å²) in [5, 5.41) is 0.527. The number of carbonyl (C=O) groups excluding carboxylic acids is 1. The first-order chi connectivity index (χ1) is 15.4. The summed E-state index contributed by atoms with van der Waals surface area (Å²) in [6.07, 6.45) is 2.30. The number of fused-ring (bicyclic) bond motifs is 2. The van der Waals surface area contributed by atoms with E-state index in [0.717, 1.165) is 29.8 Å². The van der Waals surface area contributed by atoms with E-state index in [1.165, 1.54) is 18.3 Å². The highest BCUT2D eigenvalue weighted by atomic mass is 32.2. The molecule has 162 valence electrons. The van der Waals surface area contributed by atoms with Crippen molar-refractivity contribution in [2.45, 2.75) is 35.7 Å². The van der Waals surface area contributed by atoms with Crippen molar-refractivity contribution in [3.63, 3.8) is 0 Å². The lowest BCUT2D eigenvalue weighted by Crippen LogP contribution is -2.37. The molecule has 1 amide bonds. The number of sulfone groups is 1. The Morgan fingerprint density at radius 1 is 1.00 bits per heavy atom. The van der Waals surface area contributed by atoms with Crippen LogP contribution in [0.15, 0.2) is 88.8 Å². The first-order valence-corrected chi connectivity index (χ1v) is 11.8. The number of halogens is 1. The highest BCUT2D eigenvalue weighted by molar-refractivity contribution is 7.91. The fourth-order valence-electron chi connectivity index (χ4n) is 4.47. The zero-order valence-corrected chi connectivity index (χ0v) is 18.2. The van der Waals surface area contributed by atoms with Crippen LogP contribution in [0.5, 0.6) is 0 Å². The molecule has 5 rings (SSSR count). The highest BCUT2D eigenvalue weighted by Crippen LogP contribution is 2.34. The summed E-state index contributed by atoms with van der Waals surface area (Å²) in [6, 6.07) is 19.7. The Kier molecular flexibility index (Phi) is 4.86. The maximum atomic E-state index is 13.3. The molecule has 5 nitrogen and oxygen atoms in total. The van der Waals surface area contributed by atoms with Crippen LogP contribution in [0.2, 0.25) is 0 Å². The molecule has 0 fully saturated rings. The lowest BCUT2D eigenvalue weighted by Gasteiger charge is -2.23. The molecule has 1 aromatic heterocycles. The monoisotopic (exact) mass is 448 g/mol. The van der Waals surface area contributed by atoms with Gasteiger partial charge in [-0.3, -0.25) is 4.79 Å². The van der Waals surface area contributed by atoms with Crippen molar-refractivity contribution in [3.05, 3.63) is 90.4 Å². The molecule has 4 aromatic rings. The van der Waals surface area contributed by atoms with Crippen LogP contribution in [0.4, 0.5) is 10.1 Å². The molecule has 0 saturated heterocycles. The van der Waals surface area contributed by atoms with Crippen molar-refractivity contribution in [3.8, 4) is 0 Å². The van der Waals surface area contributed by atoms with Crippen LogP contribution in [0, 0.1) is 5.82 Å². The molecule has 0 saturated carbocycles. The molecule has 0 aliphatic carbocycles. The SMILES string of the molecule is CC1Cc2ccccc2N1C(=O)Cn1cc(S(=O)(=O)c2ccc(F)cc2)c2ccccc21. The minimum Gasteiger partial charge on any atom is -0.337 e. The summed E-state index contributed by atoms with van der Waals surface area (Å²) in [5.41, 5.74) is 2.69. The van der Waals surface area contributed by atoms with Crippen molar-refractivity contribution in [1.29, 1.82) is 0 Å². The van der Waals surface area contributed by atoms with Crippen LogP contribution >= 0.6 is 0 Å². The smallest absolute Gasteiger partial charge is 0.247 e. The number of aromatic nitrogens is 1. The van der Waals surface area contributed by atoms with Crippen molar-refractivity contribution in [2.75, 3.05) is 4.90 Å². The zero-order chi connectivity index (χ0) is 22.5. The van der Waals surface area contributed by atoms with E-state index in [2.05, 4.69) is 0 Å². The molecule has 1 atom stereocenters. The first-order valence-electron chi connectivity index (χ1n) is 10.3. The lowest BCUT2D eigenvalue weighted by atomic mass is 10.1. The van der Waals surface area contributed by atoms with Gasteiger partial charge in [0.15, 0.2) is 0 Å². The minimum atomic E-state index is -3.89. The van der Waals surface area contributed by atoms with Gasteiger partial charge >= 0.3 is 0 Å². The quantitative estimate of drug-likeness (QED) is 0.429. The largest absolute Gasteiger partial charge is 0.337 e. The number of nitrogens with zero attached hydrogens (tertiary/aromatic N) is 2. The van der Waals surface area contributed by atoms with Crippen LogP contribution in [0.1, 0.15) is 12.5 Å². The minimum absolute atomic E-state index is 0.00946. The van der Waals surface area contributed by atoms with Gasteiger partial charge in [0, 0.05) is 28.8 Å². The molecule has 0 spiro atoms. The summed E-state index contributed by atoms with van der Waals surface area (Å²) in [6.45, 7) is 2.02. The predicted molar refractivity (Wildman–Crippen MR) is 121 cm³/mol. The van der Waals surface area contributed by atoms with Crippen LogP contribution < -0.4 is 4.90 Å². The van der Waals surface area contributed by atoms with Gasteiger partial charge in [-0.25, -0.2) is 12.8 Å². The molecule has 0 radical (unpaired) electrons. The molecule has 1 unspecified atom stereocenters. The van der Waals surface area contributed by atoms with E-state index in [4.69, 9.17) is 0 Å². The molecule has 1 aliphatic rings. The Bertz CT molecular complexity index is 1440. The summed E-state index contributed by atoms with van der Waals surface area (Å²) in [7, 11) is -3.89. The van der Waals surface area contributed by atoms with Gasteiger partial charge in [-0.1, -0.05) is 36.4 Å². The number of rotatable bonds is 4. The van der Waals surface area contributed by atoms with E-state index in [1.807, 2.05) is 37.3 Å². The Morgan fingerprint density at radius 2 is 1.69 bits per heavy atom.